The van der Waals surface area contributed by atoms with Crippen molar-refractivity contribution in [3.05, 3.63) is 40.4 Å². The molecule has 74 valence electrons. The Morgan fingerprint density at radius 2 is 2.33 bits per heavy atom. The molecule has 0 unspecified atom stereocenters. The van der Waals surface area contributed by atoms with Gasteiger partial charge in [0.15, 0.2) is 0 Å². The normalized spacial score (nSPS) is 9.67. The van der Waals surface area contributed by atoms with E-state index in [1.54, 1.807) is 12.1 Å². The minimum atomic E-state index is -0.158. The van der Waals surface area contributed by atoms with E-state index in [0.29, 0.717) is 10.9 Å². The molecule has 0 aliphatic rings. The molecule has 0 spiro atoms. The molecule has 1 aromatic heterocycles. The molecule has 2 rings (SSSR count). The summed E-state index contributed by atoms with van der Waals surface area (Å²) < 4.78 is 0. The highest BCUT2D eigenvalue weighted by Gasteiger charge is 1.98. The van der Waals surface area contributed by atoms with Gasteiger partial charge in [-0.3, -0.25) is 4.79 Å². The first-order valence-electron chi connectivity index (χ1n) is 4.33. The summed E-state index contributed by atoms with van der Waals surface area (Å²) >= 11 is 5.45. The van der Waals surface area contributed by atoms with Crippen molar-refractivity contribution < 1.29 is 0 Å². The van der Waals surface area contributed by atoms with Gasteiger partial charge in [-0.15, -0.1) is 11.6 Å². The SMILES string of the molecule is O=c1[nH]cnc2ccc(C#CCCl)cc12. The number of aromatic amines is 1. The lowest BCUT2D eigenvalue weighted by Gasteiger charge is -1.95. The molecular formula is C11H7ClN2O. The summed E-state index contributed by atoms with van der Waals surface area (Å²) in [4.78, 5) is 18.0. The van der Waals surface area contributed by atoms with Crippen LogP contribution in [0.2, 0.25) is 0 Å². The van der Waals surface area contributed by atoms with Gasteiger partial charge >= 0.3 is 0 Å². The number of nitrogens with one attached hydrogen (secondary N) is 1. The number of hydrogen-bond acceptors (Lipinski definition) is 2. The first kappa shape index (κ1) is 9.75. The molecule has 0 amide bonds. The molecule has 0 atom stereocenters. The standard InChI is InChI=1S/C11H7ClN2O/c12-5-1-2-8-3-4-10-9(6-8)11(15)14-7-13-10/h3-4,6-7H,5H2,(H,13,14,15). The Hall–Kier alpha value is -1.79. The number of alkyl halides is 1. The average Bonchev–Trinajstić information content (AvgIpc) is 2.27. The Kier molecular flexibility index (Phi) is 2.70. The zero-order chi connectivity index (χ0) is 10.7. The zero-order valence-electron chi connectivity index (χ0n) is 7.75. The third-order valence-corrected chi connectivity index (χ3v) is 2.07. The molecule has 1 aromatic carbocycles. The molecule has 0 fully saturated rings. The van der Waals surface area contributed by atoms with Gasteiger partial charge in [-0.25, -0.2) is 4.98 Å². The van der Waals surface area contributed by atoms with Crippen molar-refractivity contribution in [1.29, 1.82) is 0 Å². The molecule has 1 N–H and O–H groups in total. The fourth-order valence-corrected chi connectivity index (χ4v) is 1.35. The minimum Gasteiger partial charge on any atom is -0.313 e. The van der Waals surface area contributed by atoms with Crippen molar-refractivity contribution in [2.24, 2.45) is 0 Å². The zero-order valence-corrected chi connectivity index (χ0v) is 8.51. The van der Waals surface area contributed by atoms with Crippen LogP contribution in [0.3, 0.4) is 0 Å². The molecular weight excluding hydrogens is 212 g/mol. The summed E-state index contributed by atoms with van der Waals surface area (Å²) in [6.07, 6.45) is 1.38. The number of fused-ring (bicyclic) bond motifs is 1. The van der Waals surface area contributed by atoms with E-state index in [0.717, 1.165) is 5.56 Å². The van der Waals surface area contributed by atoms with Crippen molar-refractivity contribution in [1.82, 2.24) is 9.97 Å². The quantitative estimate of drug-likeness (QED) is 0.538. The van der Waals surface area contributed by atoms with Crippen LogP contribution >= 0.6 is 11.6 Å². The number of hydrogen-bond donors (Lipinski definition) is 1. The third kappa shape index (κ3) is 2.00. The van der Waals surface area contributed by atoms with Crippen LogP contribution in [0, 0.1) is 11.8 Å². The molecule has 0 saturated heterocycles. The van der Waals surface area contributed by atoms with Gasteiger partial charge in [0.1, 0.15) is 0 Å². The average molecular weight is 219 g/mol. The highest BCUT2D eigenvalue weighted by atomic mass is 35.5. The van der Waals surface area contributed by atoms with Crippen LogP contribution in [0.4, 0.5) is 0 Å². The van der Waals surface area contributed by atoms with Crippen LogP contribution in [-0.4, -0.2) is 15.8 Å². The Morgan fingerprint density at radius 1 is 1.47 bits per heavy atom. The molecule has 0 bridgehead atoms. The largest absolute Gasteiger partial charge is 0.313 e. The molecule has 4 heteroatoms. The topological polar surface area (TPSA) is 45.8 Å². The fraction of sp³-hybridized carbons (Fsp3) is 0.0909. The van der Waals surface area contributed by atoms with E-state index in [1.807, 2.05) is 6.07 Å². The number of rotatable bonds is 0. The van der Waals surface area contributed by atoms with Gasteiger partial charge in [-0.1, -0.05) is 11.8 Å². The van der Waals surface area contributed by atoms with Crippen LogP contribution < -0.4 is 5.56 Å². The number of benzene rings is 1. The lowest BCUT2D eigenvalue weighted by atomic mass is 10.1. The Balaban J connectivity index is 2.65. The number of aromatic nitrogens is 2. The number of H-pyrrole nitrogens is 1. The predicted molar refractivity (Wildman–Crippen MR) is 60.0 cm³/mol. The first-order valence-corrected chi connectivity index (χ1v) is 4.87. The number of nitrogens with zero attached hydrogens (tertiary/aromatic N) is 1. The Labute approximate surface area is 91.1 Å². The monoisotopic (exact) mass is 218 g/mol. The van der Waals surface area contributed by atoms with E-state index in [2.05, 4.69) is 21.8 Å². The van der Waals surface area contributed by atoms with Crippen molar-refractivity contribution in [2.75, 3.05) is 5.88 Å². The van der Waals surface area contributed by atoms with E-state index >= 15 is 0 Å². The van der Waals surface area contributed by atoms with E-state index in [4.69, 9.17) is 11.6 Å². The number of halogens is 1. The maximum Gasteiger partial charge on any atom is 0.258 e. The van der Waals surface area contributed by atoms with Gasteiger partial charge in [0.05, 0.1) is 23.1 Å². The molecule has 0 radical (unpaired) electrons. The lowest BCUT2D eigenvalue weighted by molar-refractivity contribution is 1.17. The van der Waals surface area contributed by atoms with E-state index in [-0.39, 0.29) is 11.4 Å². The van der Waals surface area contributed by atoms with Crippen LogP contribution in [-0.2, 0) is 0 Å². The maximum atomic E-state index is 11.4. The molecule has 1 heterocycles. The van der Waals surface area contributed by atoms with Gasteiger partial charge in [-0.05, 0) is 18.2 Å². The minimum absolute atomic E-state index is 0.158. The second kappa shape index (κ2) is 4.16. The molecule has 0 aliphatic heterocycles. The maximum absolute atomic E-state index is 11.4. The summed E-state index contributed by atoms with van der Waals surface area (Å²) in [5.41, 5.74) is 1.27. The Bertz CT molecular complexity index is 607. The van der Waals surface area contributed by atoms with E-state index in [1.165, 1.54) is 6.33 Å². The van der Waals surface area contributed by atoms with Gasteiger partial charge in [0, 0.05) is 5.56 Å². The highest BCUT2D eigenvalue weighted by molar-refractivity contribution is 6.19. The predicted octanol–water partition coefficient (Wildman–Crippen LogP) is 1.51. The van der Waals surface area contributed by atoms with Gasteiger partial charge in [-0.2, -0.15) is 0 Å². The molecule has 15 heavy (non-hydrogen) atoms. The molecule has 0 saturated carbocycles. The highest BCUT2D eigenvalue weighted by Crippen LogP contribution is 2.08. The third-order valence-electron chi connectivity index (χ3n) is 1.94. The van der Waals surface area contributed by atoms with Crippen molar-refractivity contribution in [3.63, 3.8) is 0 Å². The summed E-state index contributed by atoms with van der Waals surface area (Å²) in [7, 11) is 0. The lowest BCUT2D eigenvalue weighted by Crippen LogP contribution is -2.06. The summed E-state index contributed by atoms with van der Waals surface area (Å²) in [6.45, 7) is 0. The second-order valence-corrected chi connectivity index (χ2v) is 3.17. The first-order chi connectivity index (χ1) is 7.31. The summed E-state index contributed by atoms with van der Waals surface area (Å²) in [6, 6.07) is 5.29. The van der Waals surface area contributed by atoms with Crippen molar-refractivity contribution >= 4 is 22.5 Å². The second-order valence-electron chi connectivity index (χ2n) is 2.90. The van der Waals surface area contributed by atoms with E-state index < -0.39 is 0 Å². The Morgan fingerprint density at radius 3 is 3.13 bits per heavy atom. The molecule has 0 aliphatic carbocycles. The summed E-state index contributed by atoms with van der Waals surface area (Å²) in [5, 5.41) is 0.541. The van der Waals surface area contributed by atoms with Gasteiger partial charge < -0.3 is 4.98 Å². The van der Waals surface area contributed by atoms with Crippen LogP contribution in [0.25, 0.3) is 10.9 Å². The van der Waals surface area contributed by atoms with E-state index in [9.17, 15) is 4.79 Å². The van der Waals surface area contributed by atoms with Gasteiger partial charge in [0.2, 0.25) is 0 Å². The van der Waals surface area contributed by atoms with Crippen LogP contribution in [0.5, 0.6) is 0 Å². The molecule has 2 aromatic rings. The fourth-order valence-electron chi connectivity index (χ4n) is 1.28. The van der Waals surface area contributed by atoms with Crippen molar-refractivity contribution in [3.8, 4) is 11.8 Å². The van der Waals surface area contributed by atoms with Gasteiger partial charge in [0.25, 0.3) is 5.56 Å². The van der Waals surface area contributed by atoms with Crippen LogP contribution in [0.1, 0.15) is 5.56 Å². The van der Waals surface area contributed by atoms with Crippen molar-refractivity contribution in [2.45, 2.75) is 0 Å². The smallest absolute Gasteiger partial charge is 0.258 e. The summed E-state index contributed by atoms with van der Waals surface area (Å²) in [5.74, 6) is 5.86. The molecule has 3 nitrogen and oxygen atoms in total. The van der Waals surface area contributed by atoms with Crippen LogP contribution in [0.15, 0.2) is 29.3 Å².